The minimum atomic E-state index is 0.311. The summed E-state index contributed by atoms with van der Waals surface area (Å²) in [6.45, 7) is 13.9. The van der Waals surface area contributed by atoms with Gasteiger partial charge in [-0.05, 0) is 17.4 Å². The lowest BCUT2D eigenvalue weighted by Gasteiger charge is -2.31. The van der Waals surface area contributed by atoms with Crippen molar-refractivity contribution in [3.8, 4) is 0 Å². The van der Waals surface area contributed by atoms with Gasteiger partial charge in [-0.15, -0.1) is 11.8 Å². The van der Waals surface area contributed by atoms with Crippen molar-refractivity contribution in [3.05, 3.63) is 35.9 Å². The molecule has 0 spiro atoms. The van der Waals surface area contributed by atoms with Crippen molar-refractivity contribution in [2.45, 2.75) is 58.0 Å². The second-order valence-corrected chi connectivity index (χ2v) is 8.92. The Morgan fingerprint density at radius 3 is 1.88 bits per heavy atom. The van der Waals surface area contributed by atoms with Crippen LogP contribution in [-0.2, 0) is 0 Å². The molecule has 0 saturated heterocycles. The summed E-state index contributed by atoms with van der Waals surface area (Å²) in [7, 11) is 0. The second kappa shape index (κ2) is 5.48. The zero-order valence-corrected chi connectivity index (χ0v) is 12.9. The van der Waals surface area contributed by atoms with Crippen LogP contribution in [0.3, 0.4) is 0 Å². The number of benzene rings is 1. The molecule has 0 radical (unpaired) electrons. The van der Waals surface area contributed by atoms with E-state index in [-0.39, 0.29) is 0 Å². The third kappa shape index (κ3) is 6.16. The average molecular weight is 250 g/mol. The Balaban J connectivity index is 2.87. The van der Waals surface area contributed by atoms with Crippen LogP contribution in [0.25, 0.3) is 0 Å². The van der Waals surface area contributed by atoms with Crippen molar-refractivity contribution in [2.75, 3.05) is 0 Å². The van der Waals surface area contributed by atoms with Gasteiger partial charge in [0.05, 0.1) is 0 Å². The quantitative estimate of drug-likeness (QED) is 0.663. The van der Waals surface area contributed by atoms with Crippen molar-refractivity contribution in [2.24, 2.45) is 5.41 Å². The Bertz CT molecular complexity index is 311. The lowest BCUT2D eigenvalue weighted by Crippen LogP contribution is -2.16. The summed E-state index contributed by atoms with van der Waals surface area (Å²) < 4.78 is 0.311. The molecule has 0 bridgehead atoms. The minimum absolute atomic E-state index is 0.311. The van der Waals surface area contributed by atoms with E-state index in [9.17, 15) is 0 Å². The predicted molar refractivity (Wildman–Crippen MR) is 80.6 cm³/mol. The van der Waals surface area contributed by atoms with E-state index in [1.807, 2.05) is 0 Å². The first-order valence-corrected chi connectivity index (χ1v) is 7.28. The van der Waals surface area contributed by atoms with Gasteiger partial charge in [0.1, 0.15) is 0 Å². The number of hydrogen-bond donors (Lipinski definition) is 0. The van der Waals surface area contributed by atoms with E-state index in [0.29, 0.717) is 15.4 Å². The molecular weight excluding hydrogens is 224 g/mol. The molecule has 0 amide bonds. The molecule has 17 heavy (non-hydrogen) atoms. The summed E-state index contributed by atoms with van der Waals surface area (Å²) in [5, 5.41) is 0.594. The molecule has 96 valence electrons. The molecule has 1 aromatic carbocycles. The van der Waals surface area contributed by atoms with Crippen LogP contribution in [-0.4, -0.2) is 4.75 Å². The van der Waals surface area contributed by atoms with Gasteiger partial charge in [-0.3, -0.25) is 0 Å². The summed E-state index contributed by atoms with van der Waals surface area (Å²) in [5.41, 5.74) is 1.83. The zero-order valence-electron chi connectivity index (χ0n) is 12.1. The van der Waals surface area contributed by atoms with E-state index in [4.69, 9.17) is 0 Å². The van der Waals surface area contributed by atoms with Crippen molar-refractivity contribution >= 4 is 11.8 Å². The van der Waals surface area contributed by atoms with Crippen molar-refractivity contribution in [1.82, 2.24) is 0 Å². The maximum Gasteiger partial charge on any atom is 0.0307 e. The molecule has 0 aromatic heterocycles. The zero-order chi connectivity index (χ0) is 13.1. The smallest absolute Gasteiger partial charge is 0.0307 e. The fourth-order valence-electron chi connectivity index (χ4n) is 1.88. The van der Waals surface area contributed by atoms with Crippen LogP contribution in [0, 0.1) is 5.41 Å². The normalized spacial score (nSPS) is 14.7. The van der Waals surface area contributed by atoms with Gasteiger partial charge >= 0.3 is 0 Å². The van der Waals surface area contributed by atoms with Gasteiger partial charge in [0.2, 0.25) is 0 Å². The largest absolute Gasteiger partial charge is 0.148 e. The van der Waals surface area contributed by atoms with Gasteiger partial charge in [0, 0.05) is 10.00 Å². The summed E-state index contributed by atoms with van der Waals surface area (Å²) in [6.07, 6.45) is 1.22. The highest BCUT2D eigenvalue weighted by Crippen LogP contribution is 2.44. The van der Waals surface area contributed by atoms with Gasteiger partial charge in [-0.2, -0.15) is 0 Å². The molecule has 0 N–H and O–H groups in total. The summed E-state index contributed by atoms with van der Waals surface area (Å²) in [4.78, 5) is 0. The van der Waals surface area contributed by atoms with Gasteiger partial charge < -0.3 is 0 Å². The SMILES string of the molecule is CC(C)(C)C[C@@H](SC(C)(C)C)c1ccccc1. The Morgan fingerprint density at radius 2 is 1.47 bits per heavy atom. The van der Waals surface area contributed by atoms with Crippen LogP contribution in [0.2, 0.25) is 0 Å². The molecule has 0 aliphatic heterocycles. The highest BCUT2D eigenvalue weighted by atomic mass is 32.2. The Labute approximate surface area is 111 Å². The minimum Gasteiger partial charge on any atom is -0.148 e. The van der Waals surface area contributed by atoms with E-state index < -0.39 is 0 Å². The molecule has 0 fully saturated rings. The Hall–Kier alpha value is -0.430. The van der Waals surface area contributed by atoms with Crippen LogP contribution >= 0.6 is 11.8 Å². The molecule has 1 rings (SSSR count). The molecule has 0 heterocycles. The van der Waals surface area contributed by atoms with E-state index >= 15 is 0 Å². The van der Waals surface area contributed by atoms with Crippen molar-refractivity contribution < 1.29 is 0 Å². The fourth-order valence-corrected chi connectivity index (χ4v) is 3.61. The molecule has 0 aliphatic rings. The summed E-state index contributed by atoms with van der Waals surface area (Å²) in [5.74, 6) is 0. The topological polar surface area (TPSA) is 0 Å². The molecule has 0 saturated carbocycles. The monoisotopic (exact) mass is 250 g/mol. The molecule has 0 aliphatic carbocycles. The van der Waals surface area contributed by atoms with Gasteiger partial charge in [0.25, 0.3) is 0 Å². The average Bonchev–Trinajstić information content (AvgIpc) is 2.14. The summed E-state index contributed by atoms with van der Waals surface area (Å²) >= 11 is 2.08. The Morgan fingerprint density at radius 1 is 0.941 bits per heavy atom. The van der Waals surface area contributed by atoms with Crippen LogP contribution in [0.1, 0.15) is 58.8 Å². The number of rotatable bonds is 3. The third-order valence-electron chi connectivity index (χ3n) is 2.46. The van der Waals surface area contributed by atoms with E-state index in [0.717, 1.165) is 0 Å². The molecule has 1 atom stereocenters. The molecule has 0 nitrogen and oxygen atoms in total. The standard InChI is InChI=1S/C16H26S/c1-15(2,3)12-14(17-16(4,5)6)13-10-8-7-9-11-13/h7-11,14H,12H2,1-6H3/t14-/m1/s1. The lowest BCUT2D eigenvalue weighted by molar-refractivity contribution is 0.374. The first-order valence-electron chi connectivity index (χ1n) is 6.40. The van der Waals surface area contributed by atoms with Gasteiger partial charge in [-0.1, -0.05) is 71.9 Å². The number of thioether (sulfide) groups is 1. The van der Waals surface area contributed by atoms with Gasteiger partial charge in [0.15, 0.2) is 0 Å². The molecule has 1 aromatic rings. The van der Waals surface area contributed by atoms with E-state index in [1.165, 1.54) is 12.0 Å². The maximum atomic E-state index is 2.33. The number of hydrogen-bond acceptors (Lipinski definition) is 1. The predicted octanol–water partition coefficient (Wildman–Crippen LogP) is 5.70. The van der Waals surface area contributed by atoms with Crippen LogP contribution in [0.4, 0.5) is 0 Å². The molecular formula is C16H26S. The molecule has 1 heteroatoms. The van der Waals surface area contributed by atoms with Crippen molar-refractivity contribution in [3.63, 3.8) is 0 Å². The van der Waals surface area contributed by atoms with Crippen LogP contribution in [0.15, 0.2) is 30.3 Å². The lowest BCUT2D eigenvalue weighted by atomic mass is 9.88. The van der Waals surface area contributed by atoms with E-state index in [2.05, 4.69) is 83.6 Å². The first kappa shape index (κ1) is 14.6. The first-order chi connectivity index (χ1) is 7.67. The Kier molecular flexibility index (Phi) is 4.71. The van der Waals surface area contributed by atoms with Gasteiger partial charge in [-0.25, -0.2) is 0 Å². The maximum absolute atomic E-state index is 2.33. The van der Waals surface area contributed by atoms with Crippen LogP contribution < -0.4 is 0 Å². The van der Waals surface area contributed by atoms with E-state index in [1.54, 1.807) is 0 Å². The fraction of sp³-hybridized carbons (Fsp3) is 0.625. The molecule has 0 unspecified atom stereocenters. The third-order valence-corrected chi connectivity index (χ3v) is 3.90. The summed E-state index contributed by atoms with van der Waals surface area (Å²) in [6, 6.07) is 10.9. The van der Waals surface area contributed by atoms with Crippen molar-refractivity contribution in [1.29, 1.82) is 0 Å². The van der Waals surface area contributed by atoms with Crippen LogP contribution in [0.5, 0.6) is 0 Å². The second-order valence-electron chi connectivity index (χ2n) is 6.89. The highest BCUT2D eigenvalue weighted by Gasteiger charge is 2.25. The highest BCUT2D eigenvalue weighted by molar-refractivity contribution is 8.00.